The molecule has 8 nitrogen and oxygen atoms in total. The first-order chi connectivity index (χ1) is 14.5. The van der Waals surface area contributed by atoms with E-state index in [1.807, 2.05) is 45.9 Å². The van der Waals surface area contributed by atoms with Crippen molar-refractivity contribution in [3.8, 4) is 0 Å². The highest BCUT2D eigenvalue weighted by atomic mass is 16.7. The first-order valence-corrected chi connectivity index (χ1v) is 10.7. The summed E-state index contributed by atoms with van der Waals surface area (Å²) >= 11 is 0. The second-order valence-electron chi connectivity index (χ2n) is 9.45. The Bertz CT molecular complexity index is 771. The molecule has 4 atom stereocenters. The molecule has 31 heavy (non-hydrogen) atoms. The van der Waals surface area contributed by atoms with Crippen LogP contribution in [0.3, 0.4) is 0 Å². The number of nitrogens with one attached hydrogen (secondary N) is 2. The van der Waals surface area contributed by atoms with Gasteiger partial charge in [0, 0.05) is 7.11 Å². The number of methoxy groups -OCH3 is 1. The minimum absolute atomic E-state index is 0.0652. The Morgan fingerprint density at radius 1 is 1.16 bits per heavy atom. The Kier molecular flexibility index (Phi) is 6.98. The van der Waals surface area contributed by atoms with E-state index >= 15 is 0 Å². The number of benzene rings is 1. The van der Waals surface area contributed by atoms with E-state index in [0.717, 1.165) is 6.42 Å². The van der Waals surface area contributed by atoms with Crippen molar-refractivity contribution in [3.05, 3.63) is 35.9 Å². The molecule has 2 amide bonds. The standard InChI is InChI=1S/C22H33BN2O6/c1-21(2)22(3,4)31-23(30-21)18(25-19(26)17(13-29-5)24-20(27)28)12-15-11-16(15)14-9-7-6-8-10-14/h6-10,15-18,24H,11-13H2,1-5H3,(H,25,26)(H,27,28)/t15-,16-,17-,18+/m1/s1. The number of carbonyl (C=O) groups excluding carboxylic acids is 1. The molecule has 1 aromatic rings. The molecule has 3 N–H and O–H groups in total. The fourth-order valence-electron chi connectivity index (χ4n) is 4.02. The first-order valence-electron chi connectivity index (χ1n) is 10.7. The topological polar surface area (TPSA) is 106 Å². The number of amides is 2. The van der Waals surface area contributed by atoms with Gasteiger partial charge in [-0.05, 0) is 57.9 Å². The fourth-order valence-corrected chi connectivity index (χ4v) is 4.02. The van der Waals surface area contributed by atoms with Gasteiger partial charge in [-0.15, -0.1) is 0 Å². The molecule has 1 heterocycles. The van der Waals surface area contributed by atoms with Crippen LogP contribution in [-0.2, 0) is 18.8 Å². The van der Waals surface area contributed by atoms with E-state index in [1.165, 1.54) is 12.7 Å². The Morgan fingerprint density at radius 2 is 1.77 bits per heavy atom. The third-order valence-electron chi connectivity index (χ3n) is 6.58. The van der Waals surface area contributed by atoms with Crippen molar-refractivity contribution in [2.24, 2.45) is 5.92 Å². The lowest BCUT2D eigenvalue weighted by atomic mass is 9.74. The van der Waals surface area contributed by atoms with Gasteiger partial charge in [0.15, 0.2) is 0 Å². The minimum Gasteiger partial charge on any atom is -0.465 e. The van der Waals surface area contributed by atoms with E-state index in [4.69, 9.17) is 19.2 Å². The maximum Gasteiger partial charge on any atom is 0.481 e. The quantitative estimate of drug-likeness (QED) is 0.518. The SMILES string of the molecule is COC[C@@H](NC(=O)O)C(=O)N[C@@H](C[C@H]1C[C@@H]1c1ccccc1)B1OC(C)(C)C(C)(C)O1. The van der Waals surface area contributed by atoms with E-state index in [2.05, 4.69) is 22.8 Å². The molecule has 0 unspecified atom stereocenters. The maximum atomic E-state index is 12.9. The molecule has 9 heteroatoms. The molecular formula is C22H33BN2O6. The Hall–Kier alpha value is -2.10. The van der Waals surface area contributed by atoms with E-state index in [0.29, 0.717) is 18.3 Å². The molecule has 0 spiro atoms. The summed E-state index contributed by atoms with van der Waals surface area (Å²) in [4.78, 5) is 24.0. The second-order valence-corrected chi connectivity index (χ2v) is 9.45. The van der Waals surface area contributed by atoms with Gasteiger partial charge in [0.25, 0.3) is 0 Å². The van der Waals surface area contributed by atoms with Gasteiger partial charge < -0.3 is 29.8 Å². The van der Waals surface area contributed by atoms with E-state index < -0.39 is 42.3 Å². The zero-order valence-electron chi connectivity index (χ0n) is 18.9. The zero-order valence-corrected chi connectivity index (χ0v) is 18.9. The van der Waals surface area contributed by atoms with Crippen molar-refractivity contribution in [3.63, 3.8) is 0 Å². The van der Waals surface area contributed by atoms with Gasteiger partial charge in [-0.3, -0.25) is 4.79 Å². The maximum absolute atomic E-state index is 12.9. The number of carboxylic acid groups (broad SMARTS) is 1. The monoisotopic (exact) mass is 432 g/mol. The van der Waals surface area contributed by atoms with Crippen LogP contribution in [0.5, 0.6) is 0 Å². The number of ether oxygens (including phenoxy) is 1. The number of carbonyl (C=O) groups is 2. The lowest BCUT2D eigenvalue weighted by molar-refractivity contribution is -0.124. The summed E-state index contributed by atoms with van der Waals surface area (Å²) in [5.74, 6) is -0.0435. The van der Waals surface area contributed by atoms with Gasteiger partial charge in [-0.25, -0.2) is 4.79 Å². The number of hydrogen-bond donors (Lipinski definition) is 3. The molecule has 1 saturated heterocycles. The van der Waals surface area contributed by atoms with Crippen molar-refractivity contribution in [2.45, 2.75) is 69.6 Å². The van der Waals surface area contributed by atoms with Crippen LogP contribution in [-0.4, -0.2) is 61.1 Å². The van der Waals surface area contributed by atoms with Crippen LogP contribution in [0, 0.1) is 5.92 Å². The van der Waals surface area contributed by atoms with Gasteiger partial charge in [0.1, 0.15) is 6.04 Å². The summed E-state index contributed by atoms with van der Waals surface area (Å²) in [5.41, 5.74) is 0.221. The second kappa shape index (κ2) is 9.18. The fraction of sp³-hybridized carbons (Fsp3) is 0.636. The summed E-state index contributed by atoms with van der Waals surface area (Å²) in [6.45, 7) is 7.81. The largest absolute Gasteiger partial charge is 0.481 e. The molecule has 2 aliphatic rings. The van der Waals surface area contributed by atoms with Crippen LogP contribution in [0.1, 0.15) is 52.0 Å². The first kappa shape index (κ1) is 23.6. The summed E-state index contributed by atoms with van der Waals surface area (Å²) < 4.78 is 17.4. The molecule has 1 aliphatic heterocycles. The van der Waals surface area contributed by atoms with Crippen molar-refractivity contribution >= 4 is 19.1 Å². The van der Waals surface area contributed by atoms with Gasteiger partial charge >= 0.3 is 13.2 Å². The van der Waals surface area contributed by atoms with Crippen molar-refractivity contribution < 1.29 is 28.7 Å². The molecule has 0 radical (unpaired) electrons. The van der Waals surface area contributed by atoms with Crippen molar-refractivity contribution in [1.29, 1.82) is 0 Å². The van der Waals surface area contributed by atoms with Crippen LogP contribution >= 0.6 is 0 Å². The van der Waals surface area contributed by atoms with E-state index in [9.17, 15) is 9.59 Å². The van der Waals surface area contributed by atoms with Crippen LogP contribution < -0.4 is 10.6 Å². The van der Waals surface area contributed by atoms with E-state index in [-0.39, 0.29) is 6.61 Å². The smallest absolute Gasteiger partial charge is 0.465 e. The van der Waals surface area contributed by atoms with Crippen LogP contribution in [0.25, 0.3) is 0 Å². The minimum atomic E-state index is -1.28. The normalized spacial score (nSPS) is 25.5. The highest BCUT2D eigenvalue weighted by molar-refractivity contribution is 6.48. The van der Waals surface area contributed by atoms with Gasteiger partial charge in [0.05, 0.1) is 23.8 Å². The Morgan fingerprint density at radius 3 is 2.32 bits per heavy atom. The highest BCUT2D eigenvalue weighted by Gasteiger charge is 2.55. The number of rotatable bonds is 9. The molecule has 0 bridgehead atoms. The molecule has 3 rings (SSSR count). The lowest BCUT2D eigenvalue weighted by Gasteiger charge is -2.32. The average Bonchev–Trinajstić information content (AvgIpc) is 3.41. The Labute approximate surface area is 184 Å². The average molecular weight is 432 g/mol. The van der Waals surface area contributed by atoms with Crippen LogP contribution in [0.2, 0.25) is 0 Å². The third-order valence-corrected chi connectivity index (χ3v) is 6.58. The van der Waals surface area contributed by atoms with E-state index in [1.54, 1.807) is 0 Å². The van der Waals surface area contributed by atoms with Crippen molar-refractivity contribution in [2.75, 3.05) is 13.7 Å². The predicted octanol–water partition coefficient (Wildman–Crippen LogP) is 2.58. The predicted molar refractivity (Wildman–Crippen MR) is 117 cm³/mol. The summed E-state index contributed by atoms with van der Waals surface area (Å²) in [6.07, 6.45) is 0.426. The lowest BCUT2D eigenvalue weighted by Crippen LogP contribution is -2.56. The van der Waals surface area contributed by atoms with Crippen LogP contribution in [0.15, 0.2) is 30.3 Å². The molecule has 2 fully saturated rings. The summed E-state index contributed by atoms with van der Waals surface area (Å²) in [6, 6.07) is 9.30. The van der Waals surface area contributed by atoms with Gasteiger partial charge in [0.2, 0.25) is 5.91 Å². The molecule has 1 aliphatic carbocycles. The van der Waals surface area contributed by atoms with Gasteiger partial charge in [-0.1, -0.05) is 30.3 Å². The molecule has 1 saturated carbocycles. The summed E-state index contributed by atoms with van der Waals surface area (Å²) in [7, 11) is 0.795. The number of hydrogen-bond acceptors (Lipinski definition) is 5. The molecule has 1 aromatic carbocycles. The van der Waals surface area contributed by atoms with Crippen LogP contribution in [0.4, 0.5) is 4.79 Å². The molecular weight excluding hydrogens is 399 g/mol. The highest BCUT2D eigenvalue weighted by Crippen LogP contribution is 2.51. The van der Waals surface area contributed by atoms with Gasteiger partial charge in [-0.2, -0.15) is 0 Å². The van der Waals surface area contributed by atoms with Crippen molar-refractivity contribution in [1.82, 2.24) is 10.6 Å². The zero-order chi connectivity index (χ0) is 22.8. The Balaban J connectivity index is 1.73. The summed E-state index contributed by atoms with van der Waals surface area (Å²) in [5, 5.41) is 14.2. The third kappa shape index (κ3) is 5.58. The molecule has 170 valence electrons. The molecule has 0 aromatic heterocycles.